The van der Waals surface area contributed by atoms with E-state index in [1.54, 1.807) is 29.2 Å². The molecule has 0 unspecified atom stereocenters. The summed E-state index contributed by atoms with van der Waals surface area (Å²) < 4.78 is 51.4. The van der Waals surface area contributed by atoms with Crippen LogP contribution in [0.2, 0.25) is 0 Å². The van der Waals surface area contributed by atoms with E-state index >= 15 is 0 Å². The third kappa shape index (κ3) is 5.85. The van der Waals surface area contributed by atoms with Crippen molar-refractivity contribution >= 4 is 27.4 Å². The van der Waals surface area contributed by atoms with Crippen LogP contribution in [0, 0.1) is 0 Å². The molecule has 0 spiro atoms. The number of aromatic nitrogens is 2. The Labute approximate surface area is 173 Å². The summed E-state index contributed by atoms with van der Waals surface area (Å²) in [6.45, 7) is 2.80. The molecule has 2 heterocycles. The van der Waals surface area contributed by atoms with Gasteiger partial charge < -0.3 is 9.80 Å². The molecule has 1 fully saturated rings. The van der Waals surface area contributed by atoms with Gasteiger partial charge in [-0.1, -0.05) is 12.1 Å². The van der Waals surface area contributed by atoms with E-state index in [-0.39, 0.29) is 18.0 Å². The van der Waals surface area contributed by atoms with E-state index in [1.807, 2.05) is 4.90 Å². The molecule has 0 atom stereocenters. The normalized spacial score (nSPS) is 15.2. The van der Waals surface area contributed by atoms with Crippen molar-refractivity contribution in [2.75, 3.05) is 42.1 Å². The number of anilines is 2. The molecule has 1 N–H and O–H groups in total. The maximum Gasteiger partial charge on any atom is 0.288 e. The minimum Gasteiger partial charge on any atom is -0.352 e. The molecule has 1 aromatic heterocycles. The number of halogens is 2. The quantitative estimate of drug-likeness (QED) is 0.738. The molecule has 2 aromatic rings. The Morgan fingerprint density at radius 3 is 2.20 bits per heavy atom. The number of sulfonamides is 1. The van der Waals surface area contributed by atoms with Gasteiger partial charge in [0.25, 0.3) is 5.92 Å². The Morgan fingerprint density at radius 2 is 1.70 bits per heavy atom. The monoisotopic (exact) mass is 439 g/mol. The van der Waals surface area contributed by atoms with Crippen molar-refractivity contribution in [1.29, 1.82) is 0 Å². The number of alkyl halides is 2. The van der Waals surface area contributed by atoms with E-state index in [0.29, 0.717) is 37.7 Å². The van der Waals surface area contributed by atoms with Gasteiger partial charge in [0.15, 0.2) is 5.82 Å². The summed E-state index contributed by atoms with van der Waals surface area (Å²) in [5, 5.41) is 7.48. The van der Waals surface area contributed by atoms with Gasteiger partial charge in [0.05, 0.1) is 12.7 Å². The Hall–Kier alpha value is -2.82. The van der Waals surface area contributed by atoms with Gasteiger partial charge in [0.2, 0.25) is 15.9 Å². The van der Waals surface area contributed by atoms with E-state index in [2.05, 4.69) is 14.9 Å². The zero-order valence-corrected chi connectivity index (χ0v) is 17.5. The van der Waals surface area contributed by atoms with Crippen LogP contribution in [0.4, 0.5) is 20.3 Å². The van der Waals surface area contributed by atoms with Crippen LogP contribution in [-0.4, -0.2) is 61.9 Å². The molecule has 8 nitrogen and oxygen atoms in total. The number of piperazine rings is 1. The van der Waals surface area contributed by atoms with Crippen LogP contribution in [0.3, 0.4) is 0 Å². The summed E-state index contributed by atoms with van der Waals surface area (Å²) in [7, 11) is -3.34. The summed E-state index contributed by atoms with van der Waals surface area (Å²) >= 11 is 0. The number of carbonyl (C=O) groups is 1. The fraction of sp³-hybridized carbons (Fsp3) is 0.421. The van der Waals surface area contributed by atoms with Gasteiger partial charge in [-0.05, 0) is 29.8 Å². The second-order valence-corrected chi connectivity index (χ2v) is 9.03. The summed E-state index contributed by atoms with van der Waals surface area (Å²) in [6.07, 6.45) is 1.28. The first-order valence-corrected chi connectivity index (χ1v) is 11.2. The van der Waals surface area contributed by atoms with Crippen molar-refractivity contribution in [1.82, 2.24) is 15.1 Å². The lowest BCUT2D eigenvalue weighted by atomic mass is 10.1. The highest BCUT2D eigenvalue weighted by Crippen LogP contribution is 2.25. The number of hydrogen-bond donors (Lipinski definition) is 1. The van der Waals surface area contributed by atoms with Crippen molar-refractivity contribution in [3.63, 3.8) is 0 Å². The fourth-order valence-electron chi connectivity index (χ4n) is 3.10. The van der Waals surface area contributed by atoms with Gasteiger partial charge >= 0.3 is 0 Å². The Bertz CT molecular complexity index is 984. The molecule has 0 bridgehead atoms. The number of hydrogen-bond acceptors (Lipinski definition) is 6. The van der Waals surface area contributed by atoms with Crippen LogP contribution in [0.15, 0.2) is 36.4 Å². The maximum atomic E-state index is 13.3. The average Bonchev–Trinajstić information content (AvgIpc) is 2.68. The predicted molar refractivity (Wildman–Crippen MR) is 109 cm³/mol. The highest BCUT2D eigenvalue weighted by molar-refractivity contribution is 7.92. The van der Waals surface area contributed by atoms with E-state index in [0.717, 1.165) is 18.7 Å². The van der Waals surface area contributed by atoms with Gasteiger partial charge in [0, 0.05) is 38.8 Å². The number of nitrogens with zero attached hydrogens (tertiary/aromatic N) is 4. The molecule has 11 heteroatoms. The largest absolute Gasteiger partial charge is 0.352 e. The van der Waals surface area contributed by atoms with Gasteiger partial charge in [-0.25, -0.2) is 8.42 Å². The topological polar surface area (TPSA) is 95.5 Å². The number of amides is 1. The molecular weight excluding hydrogens is 416 g/mol. The fourth-order valence-corrected chi connectivity index (χ4v) is 3.67. The molecule has 0 saturated carbocycles. The molecule has 162 valence electrons. The van der Waals surface area contributed by atoms with E-state index in [4.69, 9.17) is 0 Å². The van der Waals surface area contributed by atoms with Gasteiger partial charge in [-0.15, -0.1) is 10.2 Å². The lowest BCUT2D eigenvalue weighted by molar-refractivity contribution is -0.130. The first kappa shape index (κ1) is 21.9. The van der Waals surface area contributed by atoms with Crippen molar-refractivity contribution in [2.45, 2.75) is 19.3 Å². The second-order valence-electron chi connectivity index (χ2n) is 7.28. The lowest BCUT2D eigenvalue weighted by Crippen LogP contribution is -2.49. The molecule has 30 heavy (non-hydrogen) atoms. The van der Waals surface area contributed by atoms with E-state index in [1.165, 1.54) is 12.1 Å². The zero-order chi connectivity index (χ0) is 21.9. The summed E-state index contributed by atoms with van der Waals surface area (Å²) in [5.41, 5.74) is 0.844. The third-order valence-electron chi connectivity index (χ3n) is 4.67. The smallest absolute Gasteiger partial charge is 0.288 e. The highest BCUT2D eigenvalue weighted by Gasteiger charge is 2.27. The van der Waals surface area contributed by atoms with E-state index in [9.17, 15) is 22.0 Å². The minimum atomic E-state index is -3.34. The van der Waals surface area contributed by atoms with Crippen molar-refractivity contribution in [3.05, 3.63) is 47.7 Å². The van der Waals surface area contributed by atoms with Gasteiger partial charge in [0.1, 0.15) is 5.69 Å². The Kier molecular flexibility index (Phi) is 6.20. The van der Waals surface area contributed by atoms with Crippen molar-refractivity contribution < 1.29 is 22.0 Å². The van der Waals surface area contributed by atoms with Crippen LogP contribution >= 0.6 is 0 Å². The zero-order valence-electron chi connectivity index (χ0n) is 16.7. The molecule has 1 aliphatic rings. The maximum absolute atomic E-state index is 13.3. The van der Waals surface area contributed by atoms with Crippen LogP contribution in [0.5, 0.6) is 0 Å². The molecule has 1 saturated heterocycles. The summed E-state index contributed by atoms with van der Waals surface area (Å²) in [5.74, 6) is -2.56. The van der Waals surface area contributed by atoms with Crippen LogP contribution in [0.25, 0.3) is 0 Å². The molecule has 0 radical (unpaired) electrons. The number of nitrogens with one attached hydrogen (secondary N) is 1. The van der Waals surface area contributed by atoms with Crippen LogP contribution < -0.4 is 9.62 Å². The van der Waals surface area contributed by atoms with E-state index < -0.39 is 15.9 Å². The van der Waals surface area contributed by atoms with Gasteiger partial charge in [-0.3, -0.25) is 9.52 Å². The Morgan fingerprint density at radius 1 is 1.07 bits per heavy atom. The lowest BCUT2D eigenvalue weighted by Gasteiger charge is -2.35. The predicted octanol–water partition coefficient (Wildman–Crippen LogP) is 1.85. The number of carbonyl (C=O) groups excluding carboxylic acids is 1. The minimum absolute atomic E-state index is 0.0365. The average molecular weight is 439 g/mol. The molecule has 1 aliphatic heterocycles. The number of benzene rings is 1. The standard InChI is InChI=1S/C19H23F2N5O3S/c1-19(20,21)16-7-8-17(23-22-16)25-9-11-26(12-10-25)18(27)13-14-3-5-15(6-4-14)24-30(2,28)29/h3-8,24H,9-13H2,1-2H3. The van der Waals surface area contributed by atoms with Crippen molar-refractivity contribution in [3.8, 4) is 0 Å². The number of rotatable bonds is 6. The first-order valence-electron chi connectivity index (χ1n) is 9.33. The Balaban J connectivity index is 1.53. The third-order valence-corrected chi connectivity index (χ3v) is 5.28. The molecule has 3 rings (SSSR count). The summed E-state index contributed by atoms with van der Waals surface area (Å²) in [6, 6.07) is 9.43. The summed E-state index contributed by atoms with van der Waals surface area (Å²) in [4.78, 5) is 16.2. The molecule has 1 aromatic carbocycles. The highest BCUT2D eigenvalue weighted by atomic mass is 32.2. The first-order chi connectivity index (χ1) is 14.0. The van der Waals surface area contributed by atoms with Crippen molar-refractivity contribution in [2.24, 2.45) is 0 Å². The molecule has 1 amide bonds. The molecule has 0 aliphatic carbocycles. The van der Waals surface area contributed by atoms with Crippen LogP contribution in [-0.2, 0) is 27.2 Å². The van der Waals surface area contributed by atoms with Gasteiger partial charge in [-0.2, -0.15) is 8.78 Å². The second kappa shape index (κ2) is 8.50. The SMILES string of the molecule is CC(F)(F)c1ccc(N2CCN(C(=O)Cc3ccc(NS(C)(=O)=O)cc3)CC2)nn1. The molecular formula is C19H23F2N5O3S. The van der Waals surface area contributed by atoms with Crippen LogP contribution in [0.1, 0.15) is 18.2 Å².